The van der Waals surface area contributed by atoms with Crippen LogP contribution in [0.4, 0.5) is 0 Å². The van der Waals surface area contributed by atoms with Gasteiger partial charge < -0.3 is 14.3 Å². The molecular weight excluding hydrogens is 308 g/mol. The Kier molecular flexibility index (Phi) is 5.18. The van der Waals surface area contributed by atoms with E-state index in [0.29, 0.717) is 6.54 Å². The number of rotatable bonds is 3. The van der Waals surface area contributed by atoms with E-state index in [1.165, 1.54) is 0 Å². The molecule has 7 nitrogen and oxygen atoms in total. The summed E-state index contributed by atoms with van der Waals surface area (Å²) in [5.74, 6) is 1.11. The zero-order valence-electron chi connectivity index (χ0n) is 14.5. The van der Waals surface area contributed by atoms with Gasteiger partial charge in [0.05, 0.1) is 18.2 Å². The van der Waals surface area contributed by atoms with Crippen LogP contribution in [0, 0.1) is 12.8 Å². The predicted molar refractivity (Wildman–Crippen MR) is 88.1 cm³/mol. The van der Waals surface area contributed by atoms with Crippen LogP contribution >= 0.6 is 0 Å². The van der Waals surface area contributed by atoms with Crippen molar-refractivity contribution < 1.29 is 14.1 Å². The van der Waals surface area contributed by atoms with E-state index in [0.717, 1.165) is 63.6 Å². The van der Waals surface area contributed by atoms with E-state index >= 15 is 0 Å². The highest BCUT2D eigenvalue weighted by Gasteiger charge is 2.31. The van der Waals surface area contributed by atoms with E-state index in [9.17, 15) is 9.59 Å². The van der Waals surface area contributed by atoms with Crippen molar-refractivity contribution in [3.63, 3.8) is 0 Å². The highest BCUT2D eigenvalue weighted by molar-refractivity contribution is 5.81. The van der Waals surface area contributed by atoms with Gasteiger partial charge in [0.25, 0.3) is 0 Å². The Labute approximate surface area is 142 Å². The van der Waals surface area contributed by atoms with Crippen molar-refractivity contribution in [2.24, 2.45) is 5.92 Å². The molecule has 2 fully saturated rings. The number of hydrogen-bond acceptors (Lipinski definition) is 5. The zero-order valence-corrected chi connectivity index (χ0v) is 14.5. The third kappa shape index (κ3) is 3.95. The summed E-state index contributed by atoms with van der Waals surface area (Å²) in [6.07, 6.45) is 1.81. The van der Waals surface area contributed by atoms with Crippen molar-refractivity contribution >= 4 is 11.8 Å². The molecule has 0 saturated carbocycles. The maximum absolute atomic E-state index is 12.7. The smallest absolute Gasteiger partial charge is 0.227 e. The number of aromatic nitrogens is 1. The van der Waals surface area contributed by atoms with Gasteiger partial charge in [0.1, 0.15) is 0 Å². The topological polar surface area (TPSA) is 69.9 Å². The van der Waals surface area contributed by atoms with Gasteiger partial charge >= 0.3 is 0 Å². The molecule has 1 aromatic heterocycles. The van der Waals surface area contributed by atoms with Crippen molar-refractivity contribution in [1.29, 1.82) is 0 Å². The molecule has 3 rings (SSSR count). The van der Waals surface area contributed by atoms with Crippen LogP contribution in [0.5, 0.6) is 0 Å². The molecule has 3 heterocycles. The van der Waals surface area contributed by atoms with Crippen LogP contribution in [0.2, 0.25) is 0 Å². The molecule has 0 aliphatic carbocycles. The number of hydrogen-bond donors (Lipinski definition) is 0. The molecule has 1 aromatic rings. The van der Waals surface area contributed by atoms with Gasteiger partial charge in [0.2, 0.25) is 11.8 Å². The minimum absolute atomic E-state index is 0.0360. The standard InChI is InChI=1S/C17H26N4O3/c1-13-10-16(24-18-13)12-19-6-8-20(9-7-19)17(23)15-4-3-5-21(11-15)14(2)22/h10,15H,3-9,11-12H2,1-2H3/t15-/m0/s1. The van der Waals surface area contributed by atoms with Crippen molar-refractivity contribution in [2.75, 3.05) is 39.3 Å². The Morgan fingerprint density at radius 3 is 2.58 bits per heavy atom. The zero-order chi connectivity index (χ0) is 17.1. The Morgan fingerprint density at radius 1 is 1.21 bits per heavy atom. The highest BCUT2D eigenvalue weighted by atomic mass is 16.5. The number of piperidine rings is 1. The van der Waals surface area contributed by atoms with E-state index in [1.807, 2.05) is 17.9 Å². The number of amides is 2. The molecule has 0 spiro atoms. The molecule has 0 bridgehead atoms. The van der Waals surface area contributed by atoms with Crippen LogP contribution in [0.15, 0.2) is 10.6 Å². The summed E-state index contributed by atoms with van der Waals surface area (Å²) >= 11 is 0. The van der Waals surface area contributed by atoms with Crippen molar-refractivity contribution in [3.8, 4) is 0 Å². The van der Waals surface area contributed by atoms with Crippen LogP contribution < -0.4 is 0 Å². The maximum Gasteiger partial charge on any atom is 0.227 e. The molecule has 2 aliphatic rings. The van der Waals surface area contributed by atoms with Crippen LogP contribution in [0.25, 0.3) is 0 Å². The minimum atomic E-state index is -0.0360. The number of aryl methyl sites for hydroxylation is 1. The average molecular weight is 334 g/mol. The molecular formula is C17H26N4O3. The molecule has 2 amide bonds. The lowest BCUT2D eigenvalue weighted by Gasteiger charge is -2.38. The Morgan fingerprint density at radius 2 is 1.96 bits per heavy atom. The molecule has 2 aliphatic heterocycles. The predicted octanol–water partition coefficient (Wildman–Crippen LogP) is 0.886. The summed E-state index contributed by atoms with van der Waals surface area (Å²) in [5.41, 5.74) is 0.895. The lowest BCUT2D eigenvalue weighted by Crippen LogP contribution is -2.52. The Hall–Kier alpha value is -1.89. The van der Waals surface area contributed by atoms with E-state index in [2.05, 4.69) is 10.1 Å². The Balaban J connectivity index is 1.49. The summed E-state index contributed by atoms with van der Waals surface area (Å²) in [5, 5.41) is 3.91. The van der Waals surface area contributed by atoms with E-state index < -0.39 is 0 Å². The average Bonchev–Trinajstić information content (AvgIpc) is 3.00. The van der Waals surface area contributed by atoms with Crippen LogP contribution in [0.3, 0.4) is 0 Å². The second-order valence-corrected chi connectivity index (χ2v) is 6.84. The fraction of sp³-hybridized carbons (Fsp3) is 0.706. The number of piperazine rings is 1. The lowest BCUT2D eigenvalue weighted by molar-refractivity contribution is -0.141. The first-order valence-electron chi connectivity index (χ1n) is 8.72. The lowest BCUT2D eigenvalue weighted by atomic mass is 9.96. The molecule has 7 heteroatoms. The number of likely N-dealkylation sites (tertiary alicyclic amines) is 1. The van der Waals surface area contributed by atoms with Crippen LogP contribution in [0.1, 0.15) is 31.2 Å². The number of carbonyl (C=O) groups is 2. The van der Waals surface area contributed by atoms with E-state index in [4.69, 9.17) is 4.52 Å². The molecule has 1 atom stereocenters. The number of carbonyl (C=O) groups excluding carboxylic acids is 2. The molecule has 24 heavy (non-hydrogen) atoms. The van der Waals surface area contributed by atoms with E-state index in [1.54, 1.807) is 11.8 Å². The second kappa shape index (κ2) is 7.34. The normalized spacial score (nSPS) is 22.7. The largest absolute Gasteiger partial charge is 0.360 e. The van der Waals surface area contributed by atoms with Crippen LogP contribution in [-0.4, -0.2) is 70.9 Å². The van der Waals surface area contributed by atoms with Gasteiger partial charge in [0.15, 0.2) is 5.76 Å². The summed E-state index contributed by atoms with van der Waals surface area (Å²) in [6.45, 7) is 8.75. The molecule has 0 unspecified atom stereocenters. The van der Waals surface area contributed by atoms with Gasteiger partial charge in [-0.25, -0.2) is 0 Å². The summed E-state index contributed by atoms with van der Waals surface area (Å²) in [7, 11) is 0. The van der Waals surface area contributed by atoms with Crippen LogP contribution in [-0.2, 0) is 16.1 Å². The summed E-state index contributed by atoms with van der Waals surface area (Å²) < 4.78 is 5.26. The Bertz CT molecular complexity index is 592. The second-order valence-electron chi connectivity index (χ2n) is 6.84. The SMILES string of the molecule is CC(=O)N1CCC[C@H](C(=O)N2CCN(Cc3cc(C)no3)CC2)C1. The fourth-order valence-electron chi connectivity index (χ4n) is 3.56. The molecule has 0 radical (unpaired) electrons. The number of nitrogens with zero attached hydrogens (tertiary/aromatic N) is 4. The molecule has 2 saturated heterocycles. The van der Waals surface area contributed by atoms with Crippen molar-refractivity contribution in [1.82, 2.24) is 19.9 Å². The minimum Gasteiger partial charge on any atom is -0.360 e. The monoisotopic (exact) mass is 334 g/mol. The first kappa shape index (κ1) is 17.0. The first-order chi connectivity index (χ1) is 11.5. The van der Waals surface area contributed by atoms with E-state index in [-0.39, 0.29) is 17.7 Å². The van der Waals surface area contributed by atoms with Gasteiger partial charge in [-0.2, -0.15) is 0 Å². The summed E-state index contributed by atoms with van der Waals surface area (Å²) in [4.78, 5) is 30.3. The maximum atomic E-state index is 12.7. The summed E-state index contributed by atoms with van der Waals surface area (Å²) in [6, 6.07) is 1.95. The highest BCUT2D eigenvalue weighted by Crippen LogP contribution is 2.20. The van der Waals surface area contributed by atoms with Gasteiger partial charge in [-0.15, -0.1) is 0 Å². The van der Waals surface area contributed by atoms with Crippen molar-refractivity contribution in [2.45, 2.75) is 33.2 Å². The quantitative estimate of drug-likeness (QED) is 0.821. The fourth-order valence-corrected chi connectivity index (χ4v) is 3.56. The third-order valence-electron chi connectivity index (χ3n) is 4.96. The first-order valence-corrected chi connectivity index (χ1v) is 8.72. The third-order valence-corrected chi connectivity index (χ3v) is 4.96. The van der Waals surface area contributed by atoms with Gasteiger partial charge in [-0.05, 0) is 19.8 Å². The molecule has 132 valence electrons. The van der Waals surface area contributed by atoms with Gasteiger partial charge in [-0.1, -0.05) is 5.16 Å². The van der Waals surface area contributed by atoms with Gasteiger partial charge in [-0.3, -0.25) is 14.5 Å². The van der Waals surface area contributed by atoms with Gasteiger partial charge in [0, 0.05) is 52.3 Å². The van der Waals surface area contributed by atoms with Crippen molar-refractivity contribution in [3.05, 3.63) is 17.5 Å². The molecule has 0 aromatic carbocycles. The molecule has 0 N–H and O–H groups in total.